The molecule has 1 N–H and O–H groups in total. The van der Waals surface area contributed by atoms with Crippen molar-refractivity contribution in [1.29, 1.82) is 0 Å². The maximum atomic E-state index is 14.3. The van der Waals surface area contributed by atoms with Gasteiger partial charge >= 0.3 is 5.97 Å². The summed E-state index contributed by atoms with van der Waals surface area (Å²) in [6.45, 7) is 13.3. The van der Waals surface area contributed by atoms with Gasteiger partial charge in [-0.3, -0.25) is 9.88 Å². The number of carboxylic acid groups (broad SMARTS) is 1. The van der Waals surface area contributed by atoms with Crippen molar-refractivity contribution < 1.29 is 23.8 Å². The van der Waals surface area contributed by atoms with E-state index in [-0.39, 0.29) is 30.0 Å². The molecule has 4 aromatic rings. The number of piperazine rings is 1. The van der Waals surface area contributed by atoms with Crippen molar-refractivity contribution in [1.82, 2.24) is 24.4 Å². The minimum atomic E-state index is -0.962. The molecule has 0 saturated carbocycles. The molecule has 4 heterocycles. The lowest BCUT2D eigenvalue weighted by molar-refractivity contribution is -0.0592. The predicted octanol–water partition coefficient (Wildman–Crippen LogP) is 4.29. The van der Waals surface area contributed by atoms with Gasteiger partial charge in [-0.05, 0) is 37.6 Å². The van der Waals surface area contributed by atoms with Crippen molar-refractivity contribution in [3.8, 4) is 5.88 Å². The molecule has 216 valence electrons. The van der Waals surface area contributed by atoms with Gasteiger partial charge in [0, 0.05) is 37.8 Å². The zero-order chi connectivity index (χ0) is 29.2. The van der Waals surface area contributed by atoms with Gasteiger partial charge in [0.15, 0.2) is 11.5 Å². The number of anilines is 1. The molecule has 2 saturated heterocycles. The van der Waals surface area contributed by atoms with E-state index in [9.17, 15) is 14.3 Å². The number of imidazole rings is 1. The number of aromatic carboxylic acids is 1. The smallest absolute Gasteiger partial charge is 0.335 e. The lowest BCUT2D eigenvalue weighted by atomic mass is 10.1. The van der Waals surface area contributed by atoms with Crippen LogP contribution in [0.5, 0.6) is 5.88 Å². The van der Waals surface area contributed by atoms with Gasteiger partial charge < -0.3 is 24.0 Å². The Bertz CT molecular complexity index is 1670. The van der Waals surface area contributed by atoms with Crippen LogP contribution in [0.15, 0.2) is 48.8 Å². The Morgan fingerprint density at radius 2 is 2.07 bits per heavy atom. The third kappa shape index (κ3) is 5.74. The van der Waals surface area contributed by atoms with Crippen molar-refractivity contribution in [3.05, 3.63) is 83.0 Å². The van der Waals surface area contributed by atoms with Crippen molar-refractivity contribution in [3.63, 3.8) is 0 Å². The van der Waals surface area contributed by atoms with Gasteiger partial charge in [-0.25, -0.2) is 19.0 Å². The van der Waals surface area contributed by atoms with Crippen LogP contribution in [0.4, 0.5) is 15.9 Å². The van der Waals surface area contributed by atoms with Crippen LogP contribution in [0.3, 0.4) is 0 Å². The zero-order valence-corrected chi connectivity index (χ0v) is 23.1. The first-order chi connectivity index (χ1) is 20.4. The molecular formula is C30H30FN7O4. The van der Waals surface area contributed by atoms with Crippen LogP contribution in [-0.4, -0.2) is 73.9 Å². The summed E-state index contributed by atoms with van der Waals surface area (Å²) < 4.78 is 27.8. The van der Waals surface area contributed by atoms with E-state index >= 15 is 0 Å². The quantitative estimate of drug-likeness (QED) is 0.294. The molecule has 6 rings (SSSR count). The van der Waals surface area contributed by atoms with Crippen LogP contribution in [0.25, 0.3) is 15.9 Å². The average Bonchev–Trinajstić information content (AvgIpc) is 3.31. The number of benzene rings is 2. The minimum absolute atomic E-state index is 0.0206. The van der Waals surface area contributed by atoms with Crippen molar-refractivity contribution in [2.24, 2.45) is 0 Å². The lowest BCUT2D eigenvalue weighted by Gasteiger charge is -2.40. The molecule has 0 radical (unpaired) electrons. The number of aromatic nitrogens is 4. The SMILES string of the molecule is [C-]#[N+]c1ccc(COc2cncc(N3CCN(Cc4nc5ccc(C(=O)O)cc5n4C[C@@H]4CCO4)[C@@H](C)C3)n2)c(F)c1. The first-order valence-corrected chi connectivity index (χ1v) is 13.8. The highest BCUT2D eigenvalue weighted by Gasteiger charge is 2.28. The molecule has 0 unspecified atom stereocenters. The molecule has 12 heteroatoms. The number of carbonyl (C=O) groups is 1. The molecule has 42 heavy (non-hydrogen) atoms. The maximum absolute atomic E-state index is 14.3. The Labute approximate surface area is 242 Å². The second-order valence-electron chi connectivity index (χ2n) is 10.6. The van der Waals surface area contributed by atoms with Gasteiger partial charge in [0.1, 0.15) is 18.2 Å². The van der Waals surface area contributed by atoms with E-state index in [0.29, 0.717) is 43.4 Å². The van der Waals surface area contributed by atoms with E-state index in [2.05, 4.69) is 36.1 Å². The third-order valence-corrected chi connectivity index (χ3v) is 7.83. The second-order valence-corrected chi connectivity index (χ2v) is 10.6. The average molecular weight is 572 g/mol. The molecule has 2 aromatic carbocycles. The second kappa shape index (κ2) is 11.7. The molecular weight excluding hydrogens is 541 g/mol. The summed E-state index contributed by atoms with van der Waals surface area (Å²) in [6.07, 6.45) is 4.27. The normalized spacial score (nSPS) is 18.9. The lowest BCUT2D eigenvalue weighted by Crippen LogP contribution is -2.52. The third-order valence-electron chi connectivity index (χ3n) is 7.83. The monoisotopic (exact) mass is 571 g/mol. The largest absolute Gasteiger partial charge is 0.478 e. The van der Waals surface area contributed by atoms with E-state index in [4.69, 9.17) is 21.0 Å². The number of hydrogen-bond donors (Lipinski definition) is 1. The molecule has 11 nitrogen and oxygen atoms in total. The van der Waals surface area contributed by atoms with Crippen LogP contribution >= 0.6 is 0 Å². The number of hydrogen-bond acceptors (Lipinski definition) is 8. The van der Waals surface area contributed by atoms with Gasteiger partial charge in [0.25, 0.3) is 0 Å². The molecule has 2 fully saturated rings. The number of fused-ring (bicyclic) bond motifs is 1. The molecule has 0 aliphatic carbocycles. The molecule has 2 atom stereocenters. The van der Waals surface area contributed by atoms with Gasteiger partial charge in [-0.1, -0.05) is 12.1 Å². The van der Waals surface area contributed by atoms with Gasteiger partial charge in [0.05, 0.1) is 54.8 Å². The number of ether oxygens (including phenoxy) is 2. The van der Waals surface area contributed by atoms with E-state index in [1.807, 2.05) is 0 Å². The summed E-state index contributed by atoms with van der Waals surface area (Å²) in [6, 6.07) is 9.51. The Hall–Kier alpha value is -4.60. The first-order valence-electron chi connectivity index (χ1n) is 13.8. The minimum Gasteiger partial charge on any atom is -0.478 e. The van der Waals surface area contributed by atoms with Crippen LogP contribution in [0.2, 0.25) is 0 Å². The number of carboxylic acids is 1. The van der Waals surface area contributed by atoms with Crippen molar-refractivity contribution in [2.45, 2.75) is 45.2 Å². The Morgan fingerprint density at radius 3 is 2.79 bits per heavy atom. The van der Waals surface area contributed by atoms with E-state index < -0.39 is 11.8 Å². The van der Waals surface area contributed by atoms with Crippen molar-refractivity contribution in [2.75, 3.05) is 31.1 Å². The topological polar surface area (TPSA) is 110 Å². The standard InChI is InChI=1S/C30H30FN7O4/c1-19-15-37(27-13-33-14-29(35-27)42-18-21-3-5-22(32-2)12-24(21)31)9-8-36(19)17-28-34-25-6-4-20(30(39)40)11-26(25)38(28)16-23-7-10-41-23/h3-6,11-14,19,23H,7-10,15-18H2,1H3,(H,39,40)/t19-,23-/m0/s1. The summed E-state index contributed by atoms with van der Waals surface area (Å²) in [5.41, 5.74) is 2.40. The van der Waals surface area contributed by atoms with E-state index in [1.54, 1.807) is 36.5 Å². The molecule has 2 aliphatic heterocycles. The summed E-state index contributed by atoms with van der Waals surface area (Å²) in [5, 5.41) is 9.52. The fourth-order valence-corrected chi connectivity index (χ4v) is 5.32. The van der Waals surface area contributed by atoms with E-state index in [0.717, 1.165) is 36.4 Å². The Morgan fingerprint density at radius 1 is 1.21 bits per heavy atom. The Balaban J connectivity index is 1.13. The summed E-state index contributed by atoms with van der Waals surface area (Å²) in [5.74, 6) is 0.405. The fourth-order valence-electron chi connectivity index (χ4n) is 5.32. The summed E-state index contributed by atoms with van der Waals surface area (Å²) in [4.78, 5) is 33.1. The Kier molecular flexibility index (Phi) is 7.69. The number of rotatable bonds is 9. The molecule has 0 amide bonds. The molecule has 2 aliphatic rings. The molecule has 0 spiro atoms. The van der Waals surface area contributed by atoms with Crippen LogP contribution in [0, 0.1) is 12.4 Å². The highest BCUT2D eigenvalue weighted by Crippen LogP contribution is 2.26. The summed E-state index contributed by atoms with van der Waals surface area (Å²) >= 11 is 0. The van der Waals surface area contributed by atoms with Gasteiger partial charge in [-0.2, -0.15) is 4.98 Å². The van der Waals surface area contributed by atoms with Crippen molar-refractivity contribution >= 4 is 28.5 Å². The highest BCUT2D eigenvalue weighted by atomic mass is 19.1. The summed E-state index contributed by atoms with van der Waals surface area (Å²) in [7, 11) is 0. The molecule has 2 aromatic heterocycles. The first kappa shape index (κ1) is 27.6. The maximum Gasteiger partial charge on any atom is 0.335 e. The van der Waals surface area contributed by atoms with E-state index in [1.165, 1.54) is 12.3 Å². The van der Waals surface area contributed by atoms with Crippen LogP contribution in [-0.2, 0) is 24.4 Å². The fraction of sp³-hybridized carbons (Fsp3) is 0.367. The van der Waals surface area contributed by atoms with Crippen LogP contribution < -0.4 is 9.64 Å². The van der Waals surface area contributed by atoms with Crippen LogP contribution in [0.1, 0.15) is 35.1 Å². The van der Waals surface area contributed by atoms with Gasteiger partial charge in [-0.15, -0.1) is 0 Å². The number of halogens is 1. The molecule has 0 bridgehead atoms. The predicted molar refractivity (Wildman–Crippen MR) is 152 cm³/mol. The highest BCUT2D eigenvalue weighted by molar-refractivity contribution is 5.92. The van der Waals surface area contributed by atoms with Gasteiger partial charge in [0.2, 0.25) is 5.88 Å². The zero-order valence-electron chi connectivity index (χ0n) is 23.1. The number of nitrogens with zero attached hydrogens (tertiary/aromatic N) is 7.